The molecule has 0 bridgehead atoms. The van der Waals surface area contributed by atoms with E-state index in [9.17, 15) is 9.59 Å². The molecule has 3 heterocycles. The van der Waals surface area contributed by atoms with E-state index in [0.717, 1.165) is 25.9 Å². The number of carbonyl (C=O) groups excluding carboxylic acids is 2. The average molecular weight is 437 g/mol. The Morgan fingerprint density at radius 1 is 1.17 bits per heavy atom. The Labute approximate surface area is 184 Å². The number of nitrogens with one attached hydrogen (secondary N) is 2. The molecule has 0 aromatic carbocycles. The van der Waals surface area contributed by atoms with Crippen LogP contribution in [0.4, 0.5) is 9.59 Å². The zero-order chi connectivity index (χ0) is 21.6. The molecule has 1 aromatic rings. The lowest BCUT2D eigenvalue weighted by Crippen LogP contribution is -2.46. The number of rotatable bonds is 6. The molecule has 3 rings (SSSR count). The summed E-state index contributed by atoms with van der Waals surface area (Å²) in [7, 11) is 0. The smallest absolute Gasteiger partial charge is 0.410 e. The van der Waals surface area contributed by atoms with Gasteiger partial charge in [0.15, 0.2) is 0 Å². The van der Waals surface area contributed by atoms with Crippen LogP contribution in [0.25, 0.3) is 0 Å². The highest BCUT2D eigenvalue weighted by Gasteiger charge is 2.27. The Morgan fingerprint density at radius 3 is 2.47 bits per heavy atom. The number of hydrogen-bond donors (Lipinski definition) is 2. The van der Waals surface area contributed by atoms with Gasteiger partial charge in [-0.25, -0.2) is 9.59 Å². The fraction of sp³-hybridized carbons (Fsp3) is 0.727. The number of piperidine rings is 1. The first-order valence-electron chi connectivity index (χ1n) is 11.1. The third-order valence-corrected chi connectivity index (χ3v) is 6.70. The molecule has 30 heavy (non-hydrogen) atoms. The minimum Gasteiger partial charge on any atom is -0.444 e. The highest BCUT2D eigenvalue weighted by Crippen LogP contribution is 2.27. The highest BCUT2D eigenvalue weighted by molar-refractivity contribution is 7.10. The van der Waals surface area contributed by atoms with E-state index in [1.54, 1.807) is 16.2 Å². The average Bonchev–Trinajstić information content (AvgIpc) is 3.40. The van der Waals surface area contributed by atoms with Crippen molar-refractivity contribution in [2.45, 2.75) is 58.1 Å². The molecule has 0 saturated carbocycles. The van der Waals surface area contributed by atoms with Gasteiger partial charge >= 0.3 is 12.1 Å². The predicted molar refractivity (Wildman–Crippen MR) is 120 cm³/mol. The molecular weight excluding hydrogens is 400 g/mol. The van der Waals surface area contributed by atoms with Gasteiger partial charge in [-0.15, -0.1) is 11.3 Å². The van der Waals surface area contributed by atoms with Gasteiger partial charge < -0.3 is 20.3 Å². The summed E-state index contributed by atoms with van der Waals surface area (Å²) in [5, 5.41) is 8.20. The Morgan fingerprint density at radius 2 is 1.87 bits per heavy atom. The van der Waals surface area contributed by atoms with E-state index in [4.69, 9.17) is 4.74 Å². The van der Waals surface area contributed by atoms with Crippen LogP contribution in [0.1, 0.15) is 57.4 Å². The summed E-state index contributed by atoms with van der Waals surface area (Å²) in [5.41, 5.74) is -0.469. The van der Waals surface area contributed by atoms with E-state index < -0.39 is 5.60 Å². The second-order valence-electron chi connectivity index (χ2n) is 9.28. The first-order valence-corrected chi connectivity index (χ1v) is 12.0. The van der Waals surface area contributed by atoms with Crippen LogP contribution in [-0.4, -0.2) is 66.8 Å². The molecule has 0 radical (unpaired) electrons. The Hall–Kier alpha value is -1.80. The van der Waals surface area contributed by atoms with Crippen molar-refractivity contribution in [3.05, 3.63) is 22.4 Å². The van der Waals surface area contributed by atoms with E-state index in [1.165, 1.54) is 17.7 Å². The van der Waals surface area contributed by atoms with Crippen LogP contribution in [0, 0.1) is 5.92 Å². The molecule has 2 saturated heterocycles. The molecule has 1 atom stereocenters. The number of likely N-dealkylation sites (tertiary alicyclic amines) is 2. The van der Waals surface area contributed by atoms with E-state index in [1.807, 2.05) is 20.8 Å². The van der Waals surface area contributed by atoms with Crippen LogP contribution in [0.3, 0.4) is 0 Å². The van der Waals surface area contributed by atoms with E-state index >= 15 is 0 Å². The molecule has 0 aliphatic carbocycles. The molecule has 3 amide bonds. The van der Waals surface area contributed by atoms with Crippen LogP contribution in [0.5, 0.6) is 0 Å². The molecule has 1 aromatic heterocycles. The molecule has 2 aliphatic heterocycles. The van der Waals surface area contributed by atoms with Crippen molar-refractivity contribution < 1.29 is 14.3 Å². The Bertz CT molecular complexity index is 675. The van der Waals surface area contributed by atoms with Gasteiger partial charge in [0.05, 0.1) is 6.04 Å². The van der Waals surface area contributed by atoms with E-state index in [0.29, 0.717) is 32.1 Å². The molecular formula is C22H36N4O3S. The lowest BCUT2D eigenvalue weighted by atomic mass is 9.97. The SMILES string of the molecule is CC(C)(C)OC(=O)N1CCC(CNC(=O)NCC(c2cccs2)N2CCCC2)CC1. The van der Waals surface area contributed by atoms with Gasteiger partial charge in [-0.3, -0.25) is 4.90 Å². The maximum atomic E-state index is 12.4. The van der Waals surface area contributed by atoms with Crippen LogP contribution in [0.15, 0.2) is 17.5 Å². The third kappa shape index (κ3) is 6.87. The first-order chi connectivity index (χ1) is 14.3. The van der Waals surface area contributed by atoms with Gasteiger partial charge in [-0.1, -0.05) is 6.07 Å². The first kappa shape index (κ1) is 22.9. The third-order valence-electron chi connectivity index (χ3n) is 5.73. The number of hydrogen-bond acceptors (Lipinski definition) is 5. The fourth-order valence-corrected chi connectivity index (χ4v) is 4.94. The molecule has 168 valence electrons. The molecule has 2 fully saturated rings. The van der Waals surface area contributed by atoms with Crippen LogP contribution >= 0.6 is 11.3 Å². The fourth-order valence-electron chi connectivity index (χ4n) is 4.08. The lowest BCUT2D eigenvalue weighted by molar-refractivity contribution is 0.0184. The number of thiophene rings is 1. The summed E-state index contributed by atoms with van der Waals surface area (Å²) in [6, 6.07) is 4.39. The summed E-state index contributed by atoms with van der Waals surface area (Å²) >= 11 is 1.76. The largest absolute Gasteiger partial charge is 0.444 e. The molecule has 1 unspecified atom stereocenters. The summed E-state index contributed by atoms with van der Waals surface area (Å²) in [6.07, 6.45) is 3.98. The maximum Gasteiger partial charge on any atom is 0.410 e. The van der Waals surface area contributed by atoms with Gasteiger partial charge in [-0.2, -0.15) is 0 Å². The number of nitrogens with zero attached hydrogens (tertiary/aromatic N) is 2. The molecule has 0 spiro atoms. The standard InChI is InChI=1S/C22H36N4O3S/c1-22(2,3)29-21(28)26-12-8-17(9-13-26)15-23-20(27)24-16-18(19-7-6-14-30-19)25-10-4-5-11-25/h6-7,14,17-18H,4-5,8-13,15-16H2,1-3H3,(H2,23,24,27). The van der Waals surface area contributed by atoms with Crippen molar-refractivity contribution in [2.75, 3.05) is 39.3 Å². The van der Waals surface area contributed by atoms with Crippen molar-refractivity contribution in [1.82, 2.24) is 20.4 Å². The summed E-state index contributed by atoms with van der Waals surface area (Å²) < 4.78 is 5.44. The van der Waals surface area contributed by atoms with Crippen molar-refractivity contribution in [3.8, 4) is 0 Å². The van der Waals surface area contributed by atoms with Crippen LogP contribution in [0.2, 0.25) is 0 Å². The molecule has 2 aliphatic rings. The van der Waals surface area contributed by atoms with Gasteiger partial charge in [0.1, 0.15) is 5.60 Å². The molecule has 2 N–H and O–H groups in total. The Balaban J connectivity index is 1.37. The zero-order valence-electron chi connectivity index (χ0n) is 18.5. The normalized spacial score (nSPS) is 19.5. The number of amides is 3. The lowest BCUT2D eigenvalue weighted by Gasteiger charge is -2.33. The van der Waals surface area contributed by atoms with Crippen LogP contribution < -0.4 is 10.6 Å². The summed E-state index contributed by atoms with van der Waals surface area (Å²) in [5.74, 6) is 0.390. The topological polar surface area (TPSA) is 73.9 Å². The summed E-state index contributed by atoms with van der Waals surface area (Å²) in [6.45, 7) is 10.5. The molecule has 8 heteroatoms. The quantitative estimate of drug-likeness (QED) is 0.711. The van der Waals surface area contributed by atoms with E-state index in [2.05, 4.69) is 33.0 Å². The van der Waals surface area contributed by atoms with Crippen molar-refractivity contribution in [3.63, 3.8) is 0 Å². The summed E-state index contributed by atoms with van der Waals surface area (Å²) in [4.78, 5) is 30.1. The van der Waals surface area contributed by atoms with Gasteiger partial charge in [0.2, 0.25) is 0 Å². The highest BCUT2D eigenvalue weighted by atomic mass is 32.1. The second-order valence-corrected chi connectivity index (χ2v) is 10.3. The van der Waals surface area contributed by atoms with Gasteiger partial charge in [0, 0.05) is 31.1 Å². The predicted octanol–water partition coefficient (Wildman–Crippen LogP) is 3.83. The monoisotopic (exact) mass is 436 g/mol. The second kappa shape index (κ2) is 10.5. The maximum absolute atomic E-state index is 12.4. The number of carbonyl (C=O) groups is 2. The number of ether oxygens (including phenoxy) is 1. The minimum atomic E-state index is -0.469. The zero-order valence-corrected chi connectivity index (χ0v) is 19.3. The van der Waals surface area contributed by atoms with Gasteiger partial charge in [-0.05, 0) is 76.9 Å². The van der Waals surface area contributed by atoms with E-state index in [-0.39, 0.29) is 18.2 Å². The number of urea groups is 1. The van der Waals surface area contributed by atoms with Gasteiger partial charge in [0.25, 0.3) is 0 Å². The Kier molecular flexibility index (Phi) is 7.99. The van der Waals surface area contributed by atoms with Crippen LogP contribution in [-0.2, 0) is 4.74 Å². The minimum absolute atomic E-state index is 0.106. The van der Waals surface area contributed by atoms with Crippen molar-refractivity contribution in [1.29, 1.82) is 0 Å². The van der Waals surface area contributed by atoms with Crippen molar-refractivity contribution in [2.24, 2.45) is 5.92 Å². The van der Waals surface area contributed by atoms with Crippen molar-refractivity contribution >= 4 is 23.5 Å². The molecule has 7 nitrogen and oxygen atoms in total.